The molecule has 5 heteroatoms. The van der Waals surface area contributed by atoms with Gasteiger partial charge in [-0.15, -0.1) is 0 Å². The Labute approximate surface area is 401 Å². The fourth-order valence-corrected chi connectivity index (χ4v) is 9.44. The lowest BCUT2D eigenvalue weighted by molar-refractivity contribution is -0.161. The largest absolute Gasteiger partial charge is 0.462 e. The fourth-order valence-electron chi connectivity index (χ4n) is 9.44. The maximum atomic E-state index is 12.3. The van der Waals surface area contributed by atoms with Crippen LogP contribution in [0.25, 0.3) is 0 Å². The molecule has 0 amide bonds. The smallest absolute Gasteiger partial charge is 0.306 e. The van der Waals surface area contributed by atoms with Crippen molar-refractivity contribution in [2.75, 3.05) is 13.2 Å². The van der Waals surface area contributed by atoms with Gasteiger partial charge in [0.2, 0.25) is 0 Å². The van der Waals surface area contributed by atoms with Crippen molar-refractivity contribution >= 4 is 11.9 Å². The van der Waals surface area contributed by atoms with Crippen LogP contribution in [0, 0.1) is 0 Å². The zero-order valence-corrected chi connectivity index (χ0v) is 43.8. The van der Waals surface area contributed by atoms with E-state index in [0.29, 0.717) is 12.8 Å². The molecule has 0 aliphatic rings. The minimum Gasteiger partial charge on any atom is -0.462 e. The van der Waals surface area contributed by atoms with E-state index in [9.17, 15) is 14.7 Å². The highest BCUT2D eigenvalue weighted by atomic mass is 16.6. The van der Waals surface area contributed by atoms with Crippen molar-refractivity contribution in [1.29, 1.82) is 0 Å². The number of aliphatic hydroxyl groups is 1. The van der Waals surface area contributed by atoms with Gasteiger partial charge in [0, 0.05) is 12.8 Å². The molecule has 0 rings (SSSR count). The normalized spacial score (nSPS) is 12.0. The van der Waals surface area contributed by atoms with Gasteiger partial charge in [-0.2, -0.15) is 0 Å². The number of esters is 2. The average molecular weight is 906 g/mol. The number of hydrogen-bond donors (Lipinski definition) is 1. The van der Waals surface area contributed by atoms with Gasteiger partial charge in [0.05, 0.1) is 6.61 Å². The Morgan fingerprint density at radius 1 is 0.297 bits per heavy atom. The van der Waals surface area contributed by atoms with Crippen molar-refractivity contribution in [3.8, 4) is 0 Å². The molecule has 0 fully saturated rings. The van der Waals surface area contributed by atoms with Crippen LogP contribution >= 0.6 is 0 Å². The van der Waals surface area contributed by atoms with Crippen LogP contribution in [0.15, 0.2) is 0 Å². The summed E-state index contributed by atoms with van der Waals surface area (Å²) in [5.41, 5.74) is 0. The molecule has 0 heterocycles. The lowest BCUT2D eigenvalue weighted by atomic mass is 10.0. The van der Waals surface area contributed by atoms with Gasteiger partial charge >= 0.3 is 11.9 Å². The van der Waals surface area contributed by atoms with Crippen LogP contribution in [0.3, 0.4) is 0 Å². The summed E-state index contributed by atoms with van der Waals surface area (Å²) in [6.45, 7) is 4.21. The van der Waals surface area contributed by atoms with Crippen LogP contribution in [0.4, 0.5) is 0 Å². The maximum absolute atomic E-state index is 12.3. The number of aliphatic hydroxyl groups excluding tert-OH is 1. The summed E-state index contributed by atoms with van der Waals surface area (Å²) in [4.78, 5) is 24.5. The Kier molecular flexibility index (Phi) is 55.3. The second-order valence-corrected chi connectivity index (χ2v) is 20.4. The second kappa shape index (κ2) is 56.2. The monoisotopic (exact) mass is 905 g/mol. The molecule has 5 nitrogen and oxygen atoms in total. The molecule has 1 unspecified atom stereocenters. The van der Waals surface area contributed by atoms with E-state index < -0.39 is 6.10 Å². The van der Waals surface area contributed by atoms with Crippen LogP contribution in [0.1, 0.15) is 348 Å². The lowest BCUT2D eigenvalue weighted by Crippen LogP contribution is -2.28. The summed E-state index contributed by atoms with van der Waals surface area (Å²) in [6.07, 6.45) is 68.1. The van der Waals surface area contributed by atoms with Crippen LogP contribution in [-0.2, 0) is 19.1 Å². The van der Waals surface area contributed by atoms with Gasteiger partial charge in [-0.25, -0.2) is 0 Å². The molecular weight excluding hydrogens is 789 g/mol. The zero-order valence-electron chi connectivity index (χ0n) is 43.8. The Morgan fingerprint density at radius 3 is 0.688 bits per heavy atom. The van der Waals surface area contributed by atoms with E-state index in [1.54, 1.807) is 0 Å². The SMILES string of the molecule is CCCCCCCCCCCCCCCCCCCCCCCCCCCCCCCCC(=O)OC(CO)COC(=O)CCCCCCCCCCCCCCCCCCCCCC. The second-order valence-electron chi connectivity index (χ2n) is 20.4. The van der Waals surface area contributed by atoms with Crippen LogP contribution in [0.2, 0.25) is 0 Å². The van der Waals surface area contributed by atoms with Gasteiger partial charge in [0.1, 0.15) is 6.61 Å². The molecule has 0 radical (unpaired) electrons. The van der Waals surface area contributed by atoms with Gasteiger partial charge in [0.15, 0.2) is 6.10 Å². The third kappa shape index (κ3) is 53.5. The minimum absolute atomic E-state index is 0.0557. The van der Waals surface area contributed by atoms with E-state index in [-0.39, 0.29) is 25.2 Å². The van der Waals surface area contributed by atoms with Gasteiger partial charge in [-0.05, 0) is 12.8 Å². The minimum atomic E-state index is -0.764. The molecule has 64 heavy (non-hydrogen) atoms. The van der Waals surface area contributed by atoms with Crippen LogP contribution < -0.4 is 0 Å². The molecule has 0 aliphatic carbocycles. The zero-order chi connectivity index (χ0) is 46.3. The van der Waals surface area contributed by atoms with Gasteiger partial charge in [-0.1, -0.05) is 322 Å². The topological polar surface area (TPSA) is 72.8 Å². The van der Waals surface area contributed by atoms with Crippen molar-refractivity contribution in [3.63, 3.8) is 0 Å². The summed E-state index contributed by atoms with van der Waals surface area (Å²) in [6, 6.07) is 0. The number of carbonyl (C=O) groups excluding carboxylic acids is 2. The standard InChI is InChI=1S/C59H116O5/c1-3-5-7-9-11-13-15-17-19-21-23-25-26-27-28-29-30-31-32-33-34-36-38-40-42-44-46-48-50-52-54-59(62)64-57(55-60)56-63-58(61)53-51-49-47-45-43-41-39-37-35-24-22-20-18-16-14-12-10-8-6-4-2/h57,60H,3-56H2,1-2H3. The molecule has 0 aromatic carbocycles. The van der Waals surface area contributed by atoms with E-state index in [0.717, 1.165) is 32.1 Å². The van der Waals surface area contributed by atoms with Crippen LogP contribution in [0.5, 0.6) is 0 Å². The highest BCUT2D eigenvalue weighted by Gasteiger charge is 2.16. The van der Waals surface area contributed by atoms with E-state index in [2.05, 4.69) is 13.8 Å². The molecule has 1 atom stereocenters. The fraction of sp³-hybridized carbons (Fsp3) is 0.966. The first-order chi connectivity index (χ1) is 31.6. The van der Waals surface area contributed by atoms with Crippen molar-refractivity contribution in [3.05, 3.63) is 0 Å². The first-order valence-corrected chi connectivity index (χ1v) is 29.6. The highest BCUT2D eigenvalue weighted by Crippen LogP contribution is 2.19. The van der Waals surface area contributed by atoms with Gasteiger partial charge in [-0.3, -0.25) is 9.59 Å². The molecule has 1 N–H and O–H groups in total. The lowest BCUT2D eigenvalue weighted by Gasteiger charge is -2.15. The molecule has 0 aliphatic heterocycles. The Bertz CT molecular complexity index is 891. The van der Waals surface area contributed by atoms with E-state index in [1.165, 1.54) is 289 Å². The van der Waals surface area contributed by atoms with Crippen molar-refractivity contribution < 1.29 is 24.2 Å². The summed E-state index contributed by atoms with van der Waals surface area (Å²) >= 11 is 0. The van der Waals surface area contributed by atoms with Gasteiger partial charge in [0.25, 0.3) is 0 Å². The first-order valence-electron chi connectivity index (χ1n) is 29.6. The van der Waals surface area contributed by atoms with Crippen LogP contribution in [-0.4, -0.2) is 36.4 Å². The summed E-state index contributed by atoms with van der Waals surface area (Å²) in [7, 11) is 0. The van der Waals surface area contributed by atoms with Gasteiger partial charge < -0.3 is 14.6 Å². The summed E-state index contributed by atoms with van der Waals surface area (Å²) in [5, 5.41) is 9.65. The third-order valence-electron chi connectivity index (χ3n) is 13.9. The summed E-state index contributed by atoms with van der Waals surface area (Å²) < 4.78 is 10.7. The van der Waals surface area contributed by atoms with Crippen molar-refractivity contribution in [2.24, 2.45) is 0 Å². The Balaban J connectivity index is 3.37. The molecule has 0 saturated carbocycles. The molecule has 382 valence electrons. The molecular formula is C59H116O5. The van der Waals surface area contributed by atoms with E-state index >= 15 is 0 Å². The predicted octanol–water partition coefficient (Wildman–Crippen LogP) is 19.8. The third-order valence-corrected chi connectivity index (χ3v) is 13.9. The van der Waals surface area contributed by atoms with E-state index in [4.69, 9.17) is 9.47 Å². The molecule has 0 bridgehead atoms. The molecule has 0 spiro atoms. The Hall–Kier alpha value is -1.10. The quantitative estimate of drug-likeness (QED) is 0.0486. The average Bonchev–Trinajstić information content (AvgIpc) is 3.30. The molecule has 0 aromatic rings. The number of carbonyl (C=O) groups is 2. The maximum Gasteiger partial charge on any atom is 0.306 e. The first kappa shape index (κ1) is 62.9. The van der Waals surface area contributed by atoms with Crippen molar-refractivity contribution in [2.45, 2.75) is 354 Å². The predicted molar refractivity (Wildman–Crippen MR) is 279 cm³/mol. The number of hydrogen-bond acceptors (Lipinski definition) is 5. The highest BCUT2D eigenvalue weighted by molar-refractivity contribution is 5.70. The molecule has 0 saturated heterocycles. The molecule has 0 aromatic heterocycles. The Morgan fingerprint density at radius 2 is 0.484 bits per heavy atom. The number of unbranched alkanes of at least 4 members (excludes halogenated alkanes) is 48. The van der Waals surface area contributed by atoms with Crippen molar-refractivity contribution in [1.82, 2.24) is 0 Å². The van der Waals surface area contributed by atoms with E-state index in [1.807, 2.05) is 0 Å². The number of ether oxygens (including phenoxy) is 2. The number of rotatable bonds is 56. The summed E-state index contributed by atoms with van der Waals surface area (Å²) in [5.74, 6) is -0.563.